The summed E-state index contributed by atoms with van der Waals surface area (Å²) in [5.41, 5.74) is 3.17. The van der Waals surface area contributed by atoms with Crippen LogP contribution in [0.4, 0.5) is 0 Å². The Morgan fingerprint density at radius 3 is 2.40 bits per heavy atom. The van der Waals surface area contributed by atoms with Crippen LogP contribution in [0.3, 0.4) is 0 Å². The van der Waals surface area contributed by atoms with Crippen LogP contribution in [0, 0.1) is 50.2 Å². The Bertz CT molecular complexity index is 1440. The molecule has 0 unspecified atom stereocenters. The van der Waals surface area contributed by atoms with Gasteiger partial charge in [-0.1, -0.05) is 66.2 Å². The number of fused-ring (bicyclic) bond motifs is 7. The smallest absolute Gasteiger partial charge is 0.229 e. The third-order valence-electron chi connectivity index (χ3n) is 15.0. The van der Waals surface area contributed by atoms with Gasteiger partial charge in [0.15, 0.2) is 5.78 Å². The van der Waals surface area contributed by atoms with Crippen molar-refractivity contribution < 1.29 is 14.3 Å². The van der Waals surface area contributed by atoms with Crippen LogP contribution < -0.4 is 0 Å². The van der Waals surface area contributed by atoms with E-state index in [2.05, 4.69) is 70.5 Å². The molecule has 1 aromatic rings. The molecule has 1 aromatic heterocycles. The average molecular weight is 613 g/mol. The van der Waals surface area contributed by atoms with E-state index in [1.54, 1.807) is 5.57 Å². The molecule has 7 rings (SSSR count). The Morgan fingerprint density at radius 2 is 1.69 bits per heavy atom. The lowest BCUT2D eigenvalue weighted by atomic mass is 9.33. The molecule has 6 aliphatic rings. The lowest BCUT2D eigenvalue weighted by Gasteiger charge is -2.71. The maximum atomic E-state index is 14.6. The Hall–Kier alpha value is -2.27. The number of morpholine rings is 1. The van der Waals surface area contributed by atoms with Crippen molar-refractivity contribution in [3.63, 3.8) is 0 Å². The molecule has 5 heteroatoms. The third kappa shape index (κ3) is 4.45. The zero-order valence-corrected chi connectivity index (χ0v) is 29.0. The van der Waals surface area contributed by atoms with Gasteiger partial charge in [-0.3, -0.25) is 14.6 Å². The first-order chi connectivity index (χ1) is 21.2. The minimum absolute atomic E-state index is 0.0139. The Balaban J connectivity index is 1.30. The Labute approximate surface area is 271 Å². The number of hydrogen-bond donors (Lipinski definition) is 0. The van der Waals surface area contributed by atoms with Gasteiger partial charge in [-0.25, -0.2) is 0 Å². The predicted octanol–water partition coefficient (Wildman–Crippen LogP) is 8.30. The van der Waals surface area contributed by atoms with Gasteiger partial charge in [-0.05, 0) is 121 Å². The number of allylic oxidation sites excluding steroid dienone is 3. The normalized spacial score (nSPS) is 43.0. The predicted molar refractivity (Wildman–Crippen MR) is 179 cm³/mol. The highest BCUT2D eigenvalue weighted by molar-refractivity contribution is 6.04. The van der Waals surface area contributed by atoms with Crippen LogP contribution in [0.2, 0.25) is 0 Å². The molecule has 5 fully saturated rings. The number of hydrogen-bond acceptors (Lipinski definition) is 4. The number of nitrogens with zero attached hydrogens (tertiary/aromatic N) is 2. The van der Waals surface area contributed by atoms with Crippen molar-refractivity contribution in [2.24, 2.45) is 50.2 Å². The number of pyridine rings is 1. The van der Waals surface area contributed by atoms with Crippen LogP contribution in [0.1, 0.15) is 112 Å². The lowest BCUT2D eigenvalue weighted by Crippen LogP contribution is -2.65. The molecule has 4 saturated carbocycles. The summed E-state index contributed by atoms with van der Waals surface area (Å²) in [6, 6.07) is 5.96. The van der Waals surface area contributed by atoms with E-state index < -0.39 is 5.41 Å². The first kappa shape index (κ1) is 31.3. The second kappa shape index (κ2) is 10.4. The minimum atomic E-state index is -0.403. The molecule has 7 atom stereocenters. The molecule has 1 saturated heterocycles. The van der Waals surface area contributed by atoms with Crippen molar-refractivity contribution >= 4 is 17.8 Å². The van der Waals surface area contributed by atoms with Gasteiger partial charge in [0, 0.05) is 24.7 Å². The summed E-state index contributed by atoms with van der Waals surface area (Å²) in [5, 5.41) is 0. The average Bonchev–Trinajstić information content (AvgIpc) is 3.00. The number of carbonyl (C=O) groups is 2. The zero-order valence-electron chi connectivity index (χ0n) is 29.0. The maximum Gasteiger partial charge on any atom is 0.229 e. The van der Waals surface area contributed by atoms with Gasteiger partial charge in [-0.15, -0.1) is 0 Å². The molecular formula is C40H56N2O3. The van der Waals surface area contributed by atoms with E-state index in [1.807, 2.05) is 24.4 Å². The second-order valence-corrected chi connectivity index (χ2v) is 17.9. The van der Waals surface area contributed by atoms with E-state index in [4.69, 9.17) is 4.74 Å². The number of aromatic nitrogens is 1. The standard InChI is InChI=1S/C40H56N2O3/c1-35(2)15-17-40(34(44)42-20-22-45-23-21-42)18-16-38(6)29(30(40)26-35)11-12-32-37(5)25-27(24-28-10-8-9-19-41-28)33(43)36(3,4)31(37)13-14-39(32,38)7/h8-11,19,24,30-32H,12-18,20-23,25-26H2,1-7H3/b27-24-/t30-,31-,32+,37-,38+,39+,40-/m0/s1. The van der Waals surface area contributed by atoms with Gasteiger partial charge in [0.05, 0.1) is 24.3 Å². The van der Waals surface area contributed by atoms with Gasteiger partial charge in [0.2, 0.25) is 5.91 Å². The SMILES string of the molecule is CC1(C)CC[C@]2(C(=O)N3CCOCC3)CC[C@]3(C)C(=CC[C@@H]4[C@@]5(C)C/C(=C/c6ccccn6)C(=O)C(C)(C)[C@@H]5CC[C@]43C)[C@@H]2C1. The van der Waals surface area contributed by atoms with Crippen molar-refractivity contribution in [3.05, 3.63) is 47.3 Å². The molecular weight excluding hydrogens is 556 g/mol. The van der Waals surface area contributed by atoms with Gasteiger partial charge in [0.25, 0.3) is 0 Å². The fraction of sp³-hybridized carbons (Fsp3) is 0.725. The highest BCUT2D eigenvalue weighted by Crippen LogP contribution is 2.76. The molecule has 1 amide bonds. The quantitative estimate of drug-likeness (QED) is 0.249. The van der Waals surface area contributed by atoms with Gasteiger partial charge in [0.1, 0.15) is 0 Å². The molecule has 0 bridgehead atoms. The molecule has 5 aliphatic carbocycles. The number of carbonyl (C=O) groups excluding carboxylic acids is 2. The zero-order chi connectivity index (χ0) is 32.0. The monoisotopic (exact) mass is 612 g/mol. The van der Waals surface area contributed by atoms with Crippen LogP contribution in [0.5, 0.6) is 0 Å². The largest absolute Gasteiger partial charge is 0.378 e. The summed E-state index contributed by atoms with van der Waals surface area (Å²) in [7, 11) is 0. The van der Waals surface area contributed by atoms with Crippen LogP contribution >= 0.6 is 0 Å². The van der Waals surface area contributed by atoms with Crippen LogP contribution in [-0.2, 0) is 14.3 Å². The van der Waals surface area contributed by atoms with Crippen molar-refractivity contribution in [1.29, 1.82) is 0 Å². The van der Waals surface area contributed by atoms with Gasteiger partial charge < -0.3 is 9.64 Å². The number of amides is 1. The fourth-order valence-electron chi connectivity index (χ4n) is 12.3. The molecule has 0 spiro atoms. The van der Waals surface area contributed by atoms with E-state index >= 15 is 0 Å². The first-order valence-corrected chi connectivity index (χ1v) is 17.9. The summed E-state index contributed by atoms with van der Waals surface area (Å²) in [6.07, 6.45) is 16.0. The second-order valence-electron chi connectivity index (χ2n) is 17.9. The van der Waals surface area contributed by atoms with E-state index in [9.17, 15) is 9.59 Å². The van der Waals surface area contributed by atoms with E-state index in [0.29, 0.717) is 42.7 Å². The topological polar surface area (TPSA) is 59.5 Å². The summed E-state index contributed by atoms with van der Waals surface area (Å²) in [6.45, 7) is 19.8. The van der Waals surface area contributed by atoms with Crippen LogP contribution in [0.25, 0.3) is 6.08 Å². The molecule has 2 heterocycles. The molecule has 244 valence electrons. The highest BCUT2D eigenvalue weighted by atomic mass is 16.5. The minimum Gasteiger partial charge on any atom is -0.378 e. The molecule has 1 aliphatic heterocycles. The summed E-state index contributed by atoms with van der Waals surface area (Å²) < 4.78 is 5.66. The van der Waals surface area contributed by atoms with E-state index in [-0.39, 0.29) is 27.1 Å². The molecule has 0 N–H and O–H groups in total. The maximum absolute atomic E-state index is 14.6. The summed E-state index contributed by atoms with van der Waals surface area (Å²) in [4.78, 5) is 35.4. The van der Waals surface area contributed by atoms with Crippen LogP contribution in [0.15, 0.2) is 41.6 Å². The van der Waals surface area contributed by atoms with Crippen molar-refractivity contribution in [2.75, 3.05) is 26.3 Å². The highest BCUT2D eigenvalue weighted by Gasteiger charge is 2.69. The summed E-state index contributed by atoms with van der Waals surface area (Å²) in [5.74, 6) is 1.87. The third-order valence-corrected chi connectivity index (χ3v) is 15.0. The lowest BCUT2D eigenvalue weighted by molar-refractivity contribution is -0.183. The Kier molecular flexibility index (Phi) is 7.22. The number of ketones is 1. The molecule has 0 aromatic carbocycles. The summed E-state index contributed by atoms with van der Waals surface area (Å²) >= 11 is 0. The first-order valence-electron chi connectivity index (χ1n) is 17.9. The van der Waals surface area contributed by atoms with Crippen LogP contribution in [-0.4, -0.2) is 47.9 Å². The fourth-order valence-corrected chi connectivity index (χ4v) is 12.3. The van der Waals surface area contributed by atoms with Crippen molar-refractivity contribution in [1.82, 2.24) is 9.88 Å². The van der Waals surface area contributed by atoms with Gasteiger partial charge in [-0.2, -0.15) is 0 Å². The molecule has 0 radical (unpaired) electrons. The molecule has 5 nitrogen and oxygen atoms in total. The molecule has 45 heavy (non-hydrogen) atoms. The van der Waals surface area contributed by atoms with Gasteiger partial charge >= 0.3 is 0 Å². The number of ether oxygens (including phenoxy) is 1. The Morgan fingerprint density at radius 1 is 0.956 bits per heavy atom. The van der Waals surface area contributed by atoms with Crippen molar-refractivity contribution in [3.8, 4) is 0 Å². The van der Waals surface area contributed by atoms with E-state index in [1.165, 1.54) is 0 Å². The van der Waals surface area contributed by atoms with Crippen molar-refractivity contribution in [2.45, 2.75) is 106 Å². The van der Waals surface area contributed by atoms with E-state index in [0.717, 1.165) is 82.1 Å². The number of Topliss-reactive ketones (excluding diaryl/α,β-unsaturated/α-hetero) is 1. The number of rotatable bonds is 2.